The number of hydrogen-bond donors (Lipinski definition) is 0. The van der Waals surface area contributed by atoms with E-state index in [1.807, 2.05) is 5.38 Å². The molecule has 3 aliphatic rings. The lowest BCUT2D eigenvalue weighted by molar-refractivity contribution is -0.123. The third-order valence-corrected chi connectivity index (χ3v) is 7.83. The average molecular weight is 421 g/mol. The Bertz CT molecular complexity index is 1010. The molecule has 5 heteroatoms. The summed E-state index contributed by atoms with van der Waals surface area (Å²) in [6.45, 7) is 8.67. The van der Waals surface area contributed by atoms with E-state index in [9.17, 15) is 9.59 Å². The summed E-state index contributed by atoms with van der Waals surface area (Å²) in [6.07, 6.45) is 3.12. The number of hydrogen-bond acceptors (Lipinski definition) is 4. The van der Waals surface area contributed by atoms with Crippen molar-refractivity contribution in [2.75, 3.05) is 4.90 Å². The maximum atomic E-state index is 13.3. The molecule has 2 heterocycles. The molecule has 0 N–H and O–H groups in total. The van der Waals surface area contributed by atoms with E-state index in [1.54, 1.807) is 0 Å². The van der Waals surface area contributed by atoms with E-state index in [1.165, 1.54) is 32.9 Å². The Hall–Kier alpha value is -2.27. The second-order valence-electron chi connectivity index (χ2n) is 9.62. The fourth-order valence-corrected chi connectivity index (χ4v) is 6.80. The molecule has 4 nitrogen and oxygen atoms in total. The Morgan fingerprint density at radius 2 is 1.67 bits per heavy atom. The number of thiazole rings is 1. The molecular formula is C25H28N2O2S. The maximum Gasteiger partial charge on any atom is 0.240 e. The predicted molar refractivity (Wildman–Crippen MR) is 120 cm³/mol. The van der Waals surface area contributed by atoms with E-state index in [2.05, 4.69) is 52.0 Å². The van der Waals surface area contributed by atoms with Crippen molar-refractivity contribution >= 4 is 28.3 Å². The van der Waals surface area contributed by atoms with E-state index >= 15 is 0 Å². The first kappa shape index (κ1) is 19.7. The van der Waals surface area contributed by atoms with Crippen LogP contribution in [0.15, 0.2) is 40.8 Å². The Morgan fingerprint density at radius 3 is 2.20 bits per heavy atom. The molecule has 2 aliphatic carbocycles. The van der Waals surface area contributed by atoms with E-state index in [4.69, 9.17) is 4.98 Å². The van der Waals surface area contributed by atoms with Gasteiger partial charge in [0.05, 0.1) is 17.5 Å². The average Bonchev–Trinajstić information content (AvgIpc) is 3.44. The molecular weight excluding hydrogens is 392 g/mol. The number of aromatic nitrogens is 1. The number of fused-ring (bicyclic) bond motifs is 5. The van der Waals surface area contributed by atoms with Crippen LogP contribution in [0.3, 0.4) is 0 Å². The van der Waals surface area contributed by atoms with Crippen molar-refractivity contribution < 1.29 is 9.59 Å². The van der Waals surface area contributed by atoms with Crippen molar-refractivity contribution in [3.8, 4) is 11.3 Å². The molecule has 1 aliphatic heterocycles. The zero-order valence-corrected chi connectivity index (χ0v) is 18.8. The van der Waals surface area contributed by atoms with Crippen molar-refractivity contribution in [2.45, 2.75) is 47.0 Å². The normalized spacial score (nSPS) is 27.5. The second kappa shape index (κ2) is 7.16. The van der Waals surface area contributed by atoms with Gasteiger partial charge in [-0.05, 0) is 56.4 Å². The number of amides is 2. The van der Waals surface area contributed by atoms with E-state index < -0.39 is 0 Å². The Balaban J connectivity index is 1.41. The van der Waals surface area contributed by atoms with Crippen molar-refractivity contribution in [2.24, 2.45) is 29.6 Å². The number of nitrogens with zero attached hydrogens (tertiary/aromatic N) is 2. The zero-order valence-electron chi connectivity index (χ0n) is 18.0. The van der Waals surface area contributed by atoms with Gasteiger partial charge in [-0.3, -0.25) is 9.59 Å². The van der Waals surface area contributed by atoms with Crippen LogP contribution in [0.2, 0.25) is 0 Å². The van der Waals surface area contributed by atoms with Gasteiger partial charge in [-0.25, -0.2) is 9.88 Å². The molecule has 2 saturated carbocycles. The highest BCUT2D eigenvalue weighted by Gasteiger charge is 2.64. The quantitative estimate of drug-likeness (QED) is 0.485. The van der Waals surface area contributed by atoms with Gasteiger partial charge in [0.25, 0.3) is 0 Å². The third-order valence-electron chi connectivity index (χ3n) is 7.01. The Kier molecular flexibility index (Phi) is 4.69. The minimum absolute atomic E-state index is 0.0378. The van der Waals surface area contributed by atoms with Crippen molar-refractivity contribution in [1.82, 2.24) is 4.98 Å². The SMILES string of the molecule is CC(C)=C1[C@H]2CC[C@H]1[C@H]1C(=O)N(c3nc(-c4ccc(CC(C)C)cc4)cs3)C(=O)[C@@H]12. The number of benzene rings is 1. The summed E-state index contributed by atoms with van der Waals surface area (Å²) in [5, 5.41) is 2.48. The molecule has 1 saturated heterocycles. The second-order valence-corrected chi connectivity index (χ2v) is 10.5. The highest BCUT2D eigenvalue weighted by Crippen LogP contribution is 2.60. The first-order chi connectivity index (χ1) is 14.4. The van der Waals surface area contributed by atoms with Crippen LogP contribution < -0.4 is 4.90 Å². The van der Waals surface area contributed by atoms with Crippen LogP contribution in [-0.4, -0.2) is 16.8 Å². The molecule has 2 aromatic rings. The zero-order chi connectivity index (χ0) is 21.2. The van der Waals surface area contributed by atoms with Gasteiger partial charge in [0.2, 0.25) is 11.8 Å². The predicted octanol–water partition coefficient (Wildman–Crippen LogP) is 5.49. The summed E-state index contributed by atoms with van der Waals surface area (Å²) in [5.41, 5.74) is 5.84. The molecule has 156 valence electrons. The fourth-order valence-electron chi connectivity index (χ4n) is 5.96. The van der Waals surface area contributed by atoms with Crippen LogP contribution >= 0.6 is 11.3 Å². The van der Waals surface area contributed by atoms with E-state index in [0.717, 1.165) is 30.5 Å². The number of carbonyl (C=O) groups is 2. The molecule has 3 fully saturated rings. The minimum atomic E-state index is -0.177. The van der Waals surface area contributed by atoms with Gasteiger partial charge in [-0.15, -0.1) is 11.3 Å². The number of anilines is 1. The molecule has 30 heavy (non-hydrogen) atoms. The summed E-state index contributed by atoms with van der Waals surface area (Å²) in [4.78, 5) is 32.7. The number of allylic oxidation sites excluding steroid dienone is 2. The van der Waals surface area contributed by atoms with Gasteiger partial charge in [-0.2, -0.15) is 0 Å². The first-order valence-electron chi connectivity index (χ1n) is 11.0. The molecule has 0 unspecified atom stereocenters. The number of imide groups is 1. The third kappa shape index (κ3) is 2.89. The molecule has 5 rings (SSSR count). The summed E-state index contributed by atoms with van der Waals surface area (Å²) in [5.74, 6) is 0.690. The largest absolute Gasteiger partial charge is 0.274 e. The van der Waals surface area contributed by atoms with Crippen molar-refractivity contribution in [1.29, 1.82) is 0 Å². The molecule has 1 aromatic heterocycles. The maximum absolute atomic E-state index is 13.3. The summed E-state index contributed by atoms with van der Waals surface area (Å²) >= 11 is 1.39. The Labute approximate surface area is 182 Å². The fraction of sp³-hybridized carbons (Fsp3) is 0.480. The monoisotopic (exact) mass is 420 g/mol. The Morgan fingerprint density at radius 1 is 1.07 bits per heavy atom. The summed E-state index contributed by atoms with van der Waals surface area (Å²) in [7, 11) is 0. The van der Waals surface area contributed by atoms with Gasteiger partial charge < -0.3 is 0 Å². The lowest BCUT2D eigenvalue weighted by Gasteiger charge is -2.18. The van der Waals surface area contributed by atoms with Crippen LogP contribution in [0.4, 0.5) is 5.13 Å². The molecule has 1 aromatic carbocycles. The van der Waals surface area contributed by atoms with Crippen LogP contribution in [-0.2, 0) is 16.0 Å². The minimum Gasteiger partial charge on any atom is -0.274 e. The van der Waals surface area contributed by atoms with Gasteiger partial charge in [-0.1, -0.05) is 49.3 Å². The molecule has 2 bridgehead atoms. The topological polar surface area (TPSA) is 50.3 Å². The van der Waals surface area contributed by atoms with Crippen LogP contribution in [0.1, 0.15) is 46.1 Å². The number of rotatable bonds is 4. The molecule has 0 radical (unpaired) electrons. The van der Waals surface area contributed by atoms with Gasteiger partial charge in [0, 0.05) is 10.9 Å². The first-order valence-corrected chi connectivity index (χ1v) is 11.8. The van der Waals surface area contributed by atoms with Crippen LogP contribution in [0, 0.1) is 29.6 Å². The van der Waals surface area contributed by atoms with Gasteiger partial charge in [0.1, 0.15) is 0 Å². The lowest BCUT2D eigenvalue weighted by atomic mass is 9.81. The highest BCUT2D eigenvalue weighted by atomic mass is 32.1. The standard InChI is InChI=1S/C25H28N2O2S/c1-13(2)11-15-5-7-16(8-6-15)19-12-30-25(26-19)27-23(28)21-17-9-10-18(20(17)14(3)4)22(21)24(27)29/h5-8,12-13,17-18,21-22H,9-11H2,1-4H3/t17-,18-,21-,22-/m1/s1. The van der Waals surface area contributed by atoms with Crippen molar-refractivity contribution in [3.05, 3.63) is 46.4 Å². The van der Waals surface area contributed by atoms with Gasteiger partial charge >= 0.3 is 0 Å². The van der Waals surface area contributed by atoms with Crippen molar-refractivity contribution in [3.63, 3.8) is 0 Å². The summed E-state index contributed by atoms with van der Waals surface area (Å²) < 4.78 is 0. The summed E-state index contributed by atoms with van der Waals surface area (Å²) in [6, 6.07) is 8.45. The number of carbonyl (C=O) groups excluding carboxylic acids is 2. The molecule has 2 amide bonds. The highest BCUT2D eigenvalue weighted by molar-refractivity contribution is 7.14. The van der Waals surface area contributed by atoms with Gasteiger partial charge in [0.15, 0.2) is 5.13 Å². The molecule has 4 atom stereocenters. The lowest BCUT2D eigenvalue weighted by Crippen LogP contribution is -2.33. The van der Waals surface area contributed by atoms with E-state index in [-0.39, 0.29) is 35.5 Å². The molecule has 0 spiro atoms. The van der Waals surface area contributed by atoms with Crippen LogP contribution in [0.25, 0.3) is 11.3 Å². The smallest absolute Gasteiger partial charge is 0.240 e. The van der Waals surface area contributed by atoms with Crippen LogP contribution in [0.5, 0.6) is 0 Å². The van der Waals surface area contributed by atoms with E-state index in [0.29, 0.717) is 11.0 Å².